The molecule has 0 saturated carbocycles. The Morgan fingerprint density at radius 1 is 0.853 bits per heavy atom. The first-order valence-corrected chi connectivity index (χ1v) is 14.0. The van der Waals surface area contributed by atoms with Crippen LogP contribution in [0, 0.1) is 5.82 Å². The van der Waals surface area contributed by atoms with Crippen molar-refractivity contribution in [3.05, 3.63) is 30.1 Å². The molecule has 4 nitrogen and oxygen atoms in total. The van der Waals surface area contributed by atoms with Gasteiger partial charge in [-0.25, -0.2) is 4.39 Å². The highest BCUT2D eigenvalue weighted by Crippen LogP contribution is 2.29. The third-order valence-electron chi connectivity index (χ3n) is 5.52. The quantitative estimate of drug-likeness (QED) is 0.0783. The van der Waals surface area contributed by atoms with E-state index in [0.29, 0.717) is 12.1 Å². The summed E-state index contributed by atoms with van der Waals surface area (Å²) >= 11 is 23.3. The molecule has 0 fully saturated rings. The molecule has 0 aliphatic rings. The molecule has 0 spiro atoms. The lowest BCUT2D eigenvalue weighted by molar-refractivity contribution is -0.122. The minimum atomic E-state index is -1.81. The number of rotatable bonds is 17. The number of hydrogen-bond donors (Lipinski definition) is 3. The summed E-state index contributed by atoms with van der Waals surface area (Å²) < 4.78 is 11.2. The highest BCUT2D eigenvalue weighted by molar-refractivity contribution is 7.80. The number of halogens is 4. The van der Waals surface area contributed by atoms with Crippen LogP contribution in [0.5, 0.6) is 0 Å². The molecule has 0 aromatic heterocycles. The van der Waals surface area contributed by atoms with Crippen molar-refractivity contribution in [1.29, 1.82) is 0 Å². The van der Waals surface area contributed by atoms with E-state index in [0.717, 1.165) is 19.3 Å². The number of alkyl halides is 3. The van der Waals surface area contributed by atoms with Crippen LogP contribution in [-0.2, 0) is 4.79 Å². The van der Waals surface area contributed by atoms with Crippen molar-refractivity contribution < 1.29 is 9.18 Å². The van der Waals surface area contributed by atoms with E-state index in [-0.39, 0.29) is 16.8 Å². The van der Waals surface area contributed by atoms with Crippen LogP contribution in [0.2, 0.25) is 0 Å². The molecule has 194 valence electrons. The fourth-order valence-electron chi connectivity index (χ4n) is 3.57. The Morgan fingerprint density at radius 3 is 1.79 bits per heavy atom. The van der Waals surface area contributed by atoms with Crippen molar-refractivity contribution in [2.45, 2.75) is 107 Å². The van der Waals surface area contributed by atoms with Gasteiger partial charge in [-0.05, 0) is 42.9 Å². The van der Waals surface area contributed by atoms with Crippen LogP contribution in [0.3, 0.4) is 0 Å². The number of carbonyl (C=O) groups excluding carboxylic acids is 1. The maximum absolute atomic E-state index is 13.0. The number of carbonyl (C=O) groups is 1. The van der Waals surface area contributed by atoms with Crippen molar-refractivity contribution in [3.63, 3.8) is 0 Å². The van der Waals surface area contributed by atoms with Gasteiger partial charge >= 0.3 is 0 Å². The van der Waals surface area contributed by atoms with Crippen molar-refractivity contribution in [2.24, 2.45) is 0 Å². The van der Waals surface area contributed by atoms with Gasteiger partial charge in [0.25, 0.3) is 0 Å². The van der Waals surface area contributed by atoms with Crippen LogP contribution in [0.4, 0.5) is 10.1 Å². The van der Waals surface area contributed by atoms with E-state index in [9.17, 15) is 9.18 Å². The molecule has 1 rings (SSSR count). The number of thiocarbonyl (C=S) groups is 1. The normalized spacial score (nSPS) is 12.3. The number of benzene rings is 1. The van der Waals surface area contributed by atoms with E-state index < -0.39 is 9.96 Å². The van der Waals surface area contributed by atoms with E-state index in [1.165, 1.54) is 88.5 Å². The second-order valence-electron chi connectivity index (χ2n) is 8.64. The summed E-state index contributed by atoms with van der Waals surface area (Å²) in [5.74, 6) is -0.569. The molecule has 9 heteroatoms. The molecule has 0 bridgehead atoms. The lowest BCUT2D eigenvalue weighted by Crippen LogP contribution is -2.56. The molecular weight excluding hydrogens is 516 g/mol. The summed E-state index contributed by atoms with van der Waals surface area (Å²) in [4.78, 5) is 12.3. The van der Waals surface area contributed by atoms with Gasteiger partial charge in [-0.1, -0.05) is 119 Å². The molecule has 0 heterocycles. The number of nitrogens with one attached hydrogen (secondary N) is 3. The Bertz CT molecular complexity index is 702. The molecule has 1 aromatic rings. The van der Waals surface area contributed by atoms with Gasteiger partial charge in [-0.15, -0.1) is 0 Å². The van der Waals surface area contributed by atoms with Crippen molar-refractivity contribution in [2.75, 3.05) is 5.32 Å². The predicted molar refractivity (Wildman–Crippen MR) is 148 cm³/mol. The topological polar surface area (TPSA) is 53.2 Å². The van der Waals surface area contributed by atoms with Crippen LogP contribution in [-0.4, -0.2) is 21.0 Å². The largest absolute Gasteiger partial charge is 0.339 e. The average molecular weight is 555 g/mol. The highest BCUT2D eigenvalue weighted by atomic mass is 35.6. The Kier molecular flexibility index (Phi) is 16.9. The third-order valence-corrected chi connectivity index (χ3v) is 6.39. The second-order valence-corrected chi connectivity index (χ2v) is 11.4. The summed E-state index contributed by atoms with van der Waals surface area (Å²) in [5.41, 5.74) is 0.570. The van der Waals surface area contributed by atoms with Gasteiger partial charge in [0.2, 0.25) is 9.70 Å². The summed E-state index contributed by atoms with van der Waals surface area (Å²) in [6.45, 7) is 2.25. The van der Waals surface area contributed by atoms with Crippen LogP contribution in [0.25, 0.3) is 0 Å². The van der Waals surface area contributed by atoms with Crippen LogP contribution in [0.1, 0.15) is 96.8 Å². The van der Waals surface area contributed by atoms with E-state index in [1.54, 1.807) is 0 Å². The second kappa shape index (κ2) is 18.4. The first kappa shape index (κ1) is 31.2. The first-order valence-electron chi connectivity index (χ1n) is 12.4. The van der Waals surface area contributed by atoms with Gasteiger partial charge in [0, 0.05) is 12.1 Å². The van der Waals surface area contributed by atoms with Crippen LogP contribution < -0.4 is 16.0 Å². The average Bonchev–Trinajstić information content (AvgIpc) is 2.77. The van der Waals surface area contributed by atoms with Gasteiger partial charge in [0.1, 0.15) is 12.0 Å². The molecule has 0 unspecified atom stereocenters. The van der Waals surface area contributed by atoms with Crippen LogP contribution in [0.15, 0.2) is 24.3 Å². The first-order chi connectivity index (χ1) is 16.2. The van der Waals surface area contributed by atoms with Crippen molar-refractivity contribution >= 4 is 63.7 Å². The SMILES string of the molecule is CCCCCCCCCCCCCCCC(=O)N[C@@H](NC(=S)Nc1ccc(F)cc1)C(Cl)(Cl)Cl. The van der Waals surface area contributed by atoms with Gasteiger partial charge in [0.05, 0.1) is 0 Å². The van der Waals surface area contributed by atoms with Gasteiger partial charge in [0.15, 0.2) is 5.11 Å². The summed E-state index contributed by atoms with van der Waals surface area (Å²) in [6.07, 6.45) is 15.5. The summed E-state index contributed by atoms with van der Waals surface area (Å²) in [6, 6.07) is 5.66. The van der Waals surface area contributed by atoms with E-state index in [1.807, 2.05) is 0 Å². The maximum Gasteiger partial charge on any atom is 0.228 e. The molecular formula is C25H39Cl3FN3OS. The molecule has 1 amide bonds. The molecule has 3 N–H and O–H groups in total. The standard InChI is InChI=1S/C25H39Cl3FN3OS/c1-2-3-4-5-6-7-8-9-10-11-12-13-14-15-22(33)31-23(25(26,27)28)32-24(34)30-21-18-16-20(29)17-19-21/h16-19,23H,2-15H2,1H3,(H,31,33)(H2,30,32,34)/t23-/m0/s1. The Hall–Kier alpha value is -0.820. The maximum atomic E-state index is 13.0. The Labute approximate surface area is 225 Å². The minimum Gasteiger partial charge on any atom is -0.339 e. The number of anilines is 1. The monoisotopic (exact) mass is 553 g/mol. The molecule has 0 radical (unpaired) electrons. The number of amides is 1. The lowest BCUT2D eigenvalue weighted by Gasteiger charge is -2.27. The van der Waals surface area contributed by atoms with Gasteiger partial charge < -0.3 is 16.0 Å². The fourth-order valence-corrected chi connectivity index (χ4v) is 4.13. The van der Waals surface area contributed by atoms with E-state index in [4.69, 9.17) is 47.0 Å². The molecule has 0 aliphatic heterocycles. The number of hydrogen-bond acceptors (Lipinski definition) is 2. The smallest absolute Gasteiger partial charge is 0.228 e. The molecule has 34 heavy (non-hydrogen) atoms. The molecule has 1 atom stereocenters. The zero-order valence-electron chi connectivity index (χ0n) is 20.1. The van der Waals surface area contributed by atoms with E-state index in [2.05, 4.69) is 22.9 Å². The van der Waals surface area contributed by atoms with Crippen LogP contribution >= 0.6 is 47.0 Å². The molecule has 0 saturated heterocycles. The fraction of sp³-hybridized carbons (Fsp3) is 0.680. The highest BCUT2D eigenvalue weighted by Gasteiger charge is 2.34. The minimum absolute atomic E-state index is 0.143. The van der Waals surface area contributed by atoms with E-state index >= 15 is 0 Å². The Balaban J connectivity index is 2.17. The van der Waals surface area contributed by atoms with Crippen molar-refractivity contribution in [1.82, 2.24) is 10.6 Å². The van der Waals surface area contributed by atoms with Gasteiger partial charge in [-0.2, -0.15) is 0 Å². The number of unbranched alkanes of at least 4 members (excludes halogenated alkanes) is 12. The van der Waals surface area contributed by atoms with Gasteiger partial charge in [-0.3, -0.25) is 4.79 Å². The molecule has 0 aliphatic carbocycles. The Morgan fingerprint density at radius 2 is 1.32 bits per heavy atom. The zero-order chi connectivity index (χ0) is 25.2. The predicted octanol–water partition coefficient (Wildman–Crippen LogP) is 8.41. The third kappa shape index (κ3) is 16.0. The van der Waals surface area contributed by atoms with Crippen molar-refractivity contribution in [3.8, 4) is 0 Å². The summed E-state index contributed by atoms with van der Waals surface area (Å²) in [5, 5.41) is 8.50. The summed E-state index contributed by atoms with van der Waals surface area (Å²) in [7, 11) is 0. The zero-order valence-corrected chi connectivity index (χ0v) is 23.2. The molecule has 1 aromatic carbocycles. The lowest BCUT2D eigenvalue weighted by atomic mass is 10.0.